The number of hydrogen-bond donors (Lipinski definition) is 1. The number of anilines is 1. The Hall–Kier alpha value is -2.52. The van der Waals surface area contributed by atoms with Crippen LogP contribution < -0.4 is 5.32 Å². The Morgan fingerprint density at radius 1 is 1.44 bits per heavy atom. The van der Waals surface area contributed by atoms with Crippen LogP contribution in [0.2, 0.25) is 5.02 Å². The number of nitrogens with one attached hydrogen (secondary N) is 1. The standard InChI is InChI=1S/C18H20ClN3O3/c1-2-25-18(24)13-6-8-22(9-7-13)17(23)14(11-20)12-21-16-5-3-4-15(19)10-16/h3-5,10,12-13,21H,2,6-9H2,1H3/b14-12-. The van der Waals surface area contributed by atoms with Crippen molar-refractivity contribution in [2.24, 2.45) is 5.92 Å². The minimum atomic E-state index is -0.348. The second kappa shape index (κ2) is 9.09. The summed E-state index contributed by atoms with van der Waals surface area (Å²) in [6.07, 6.45) is 2.47. The average molecular weight is 362 g/mol. The number of hydrogen-bond acceptors (Lipinski definition) is 5. The summed E-state index contributed by atoms with van der Waals surface area (Å²) < 4.78 is 5.02. The third-order valence-electron chi connectivity index (χ3n) is 3.96. The van der Waals surface area contributed by atoms with E-state index in [0.29, 0.717) is 43.2 Å². The second-order valence-corrected chi connectivity index (χ2v) is 6.08. The zero-order valence-corrected chi connectivity index (χ0v) is 14.8. The van der Waals surface area contributed by atoms with Crippen molar-refractivity contribution in [3.8, 4) is 6.07 Å². The molecule has 0 aromatic heterocycles. The average Bonchev–Trinajstić information content (AvgIpc) is 2.62. The lowest BCUT2D eigenvalue weighted by molar-refractivity contribution is -0.150. The van der Waals surface area contributed by atoms with Crippen LogP contribution in [0.15, 0.2) is 36.0 Å². The molecule has 0 spiro atoms. The highest BCUT2D eigenvalue weighted by Crippen LogP contribution is 2.20. The fraction of sp³-hybridized carbons (Fsp3) is 0.389. The zero-order valence-electron chi connectivity index (χ0n) is 14.0. The van der Waals surface area contributed by atoms with E-state index in [1.54, 1.807) is 36.1 Å². The summed E-state index contributed by atoms with van der Waals surface area (Å²) in [4.78, 5) is 25.8. The first-order chi connectivity index (χ1) is 12.0. The molecule has 1 aromatic carbocycles. The van der Waals surface area contributed by atoms with Crippen molar-refractivity contribution in [3.63, 3.8) is 0 Å². The van der Waals surface area contributed by atoms with Gasteiger partial charge in [0, 0.05) is 30.0 Å². The number of carbonyl (C=O) groups is 2. The van der Waals surface area contributed by atoms with Crippen LogP contribution in [-0.2, 0) is 14.3 Å². The molecule has 1 aliphatic rings. The Morgan fingerprint density at radius 3 is 2.76 bits per heavy atom. The molecule has 0 bridgehead atoms. The van der Waals surface area contributed by atoms with Gasteiger partial charge in [-0.05, 0) is 38.0 Å². The summed E-state index contributed by atoms with van der Waals surface area (Å²) >= 11 is 5.90. The Labute approximate surface area is 152 Å². The normalized spacial score (nSPS) is 15.4. The molecule has 2 rings (SSSR count). The molecule has 0 aliphatic carbocycles. The Morgan fingerprint density at radius 2 is 2.16 bits per heavy atom. The van der Waals surface area contributed by atoms with Gasteiger partial charge >= 0.3 is 5.97 Å². The zero-order chi connectivity index (χ0) is 18.2. The molecule has 7 heteroatoms. The SMILES string of the molecule is CCOC(=O)C1CCN(C(=O)/C(C#N)=C\Nc2cccc(Cl)c2)CC1. The van der Waals surface area contributed by atoms with Crippen LogP contribution in [0.1, 0.15) is 19.8 Å². The van der Waals surface area contributed by atoms with Crippen molar-refractivity contribution in [2.75, 3.05) is 25.0 Å². The first kappa shape index (κ1) is 18.8. The van der Waals surface area contributed by atoms with Crippen molar-refractivity contribution in [1.82, 2.24) is 4.90 Å². The summed E-state index contributed by atoms with van der Waals surface area (Å²) in [7, 11) is 0. The van der Waals surface area contributed by atoms with Gasteiger partial charge in [0.25, 0.3) is 5.91 Å². The molecule has 1 saturated heterocycles. The predicted octanol–water partition coefficient (Wildman–Crippen LogP) is 2.96. The van der Waals surface area contributed by atoms with Crippen LogP contribution in [-0.4, -0.2) is 36.5 Å². The number of nitrogens with zero attached hydrogens (tertiary/aromatic N) is 2. The predicted molar refractivity (Wildman–Crippen MR) is 94.7 cm³/mol. The van der Waals surface area contributed by atoms with Gasteiger partial charge in [0.05, 0.1) is 12.5 Å². The highest BCUT2D eigenvalue weighted by molar-refractivity contribution is 6.30. The Balaban J connectivity index is 1.95. The summed E-state index contributed by atoms with van der Waals surface area (Å²) in [6.45, 7) is 2.99. The lowest BCUT2D eigenvalue weighted by Gasteiger charge is -2.30. The molecule has 1 aromatic rings. The van der Waals surface area contributed by atoms with Gasteiger partial charge in [-0.15, -0.1) is 0 Å². The molecule has 1 aliphatic heterocycles. The molecule has 0 radical (unpaired) electrons. The van der Waals surface area contributed by atoms with Crippen molar-refractivity contribution in [2.45, 2.75) is 19.8 Å². The summed E-state index contributed by atoms with van der Waals surface area (Å²) in [5.74, 6) is -0.740. The molecule has 1 N–H and O–H groups in total. The molecule has 0 saturated carbocycles. The largest absolute Gasteiger partial charge is 0.466 e. The molecule has 132 valence electrons. The third-order valence-corrected chi connectivity index (χ3v) is 4.20. The quantitative estimate of drug-likeness (QED) is 0.495. The lowest BCUT2D eigenvalue weighted by Crippen LogP contribution is -2.41. The molecular weight excluding hydrogens is 342 g/mol. The fourth-order valence-electron chi connectivity index (χ4n) is 2.62. The number of rotatable bonds is 5. The maximum Gasteiger partial charge on any atom is 0.309 e. The molecule has 0 unspecified atom stereocenters. The van der Waals surface area contributed by atoms with Crippen molar-refractivity contribution in [3.05, 3.63) is 41.1 Å². The number of nitriles is 1. The third kappa shape index (κ3) is 5.23. The van der Waals surface area contributed by atoms with E-state index in [1.807, 2.05) is 6.07 Å². The Kier molecular flexibility index (Phi) is 6.84. The van der Waals surface area contributed by atoms with E-state index in [1.165, 1.54) is 6.20 Å². The highest BCUT2D eigenvalue weighted by atomic mass is 35.5. The van der Waals surface area contributed by atoms with Gasteiger partial charge in [-0.3, -0.25) is 9.59 Å². The summed E-state index contributed by atoms with van der Waals surface area (Å²) in [5.41, 5.74) is 0.698. The summed E-state index contributed by atoms with van der Waals surface area (Å²) in [6, 6.07) is 8.91. The number of piperidine rings is 1. The van der Waals surface area contributed by atoms with Crippen LogP contribution >= 0.6 is 11.6 Å². The number of likely N-dealkylation sites (tertiary alicyclic amines) is 1. The Bertz CT molecular complexity index is 704. The van der Waals surface area contributed by atoms with Crippen LogP contribution in [0.25, 0.3) is 0 Å². The minimum absolute atomic E-state index is 0.00885. The van der Waals surface area contributed by atoms with Gasteiger partial charge in [-0.25, -0.2) is 0 Å². The number of benzene rings is 1. The number of carbonyl (C=O) groups excluding carboxylic acids is 2. The first-order valence-electron chi connectivity index (χ1n) is 8.13. The molecule has 25 heavy (non-hydrogen) atoms. The molecule has 6 nitrogen and oxygen atoms in total. The van der Waals surface area contributed by atoms with Gasteiger partial charge in [-0.1, -0.05) is 17.7 Å². The maximum atomic E-state index is 12.5. The van der Waals surface area contributed by atoms with Crippen molar-refractivity contribution in [1.29, 1.82) is 5.26 Å². The van der Waals surface area contributed by atoms with E-state index in [2.05, 4.69) is 5.32 Å². The first-order valence-corrected chi connectivity index (χ1v) is 8.51. The van der Waals surface area contributed by atoms with Crippen LogP contribution in [0.3, 0.4) is 0 Å². The smallest absolute Gasteiger partial charge is 0.309 e. The molecule has 1 heterocycles. The van der Waals surface area contributed by atoms with Gasteiger partial charge in [-0.2, -0.15) is 5.26 Å². The van der Waals surface area contributed by atoms with E-state index in [4.69, 9.17) is 16.3 Å². The minimum Gasteiger partial charge on any atom is -0.466 e. The van der Waals surface area contributed by atoms with E-state index in [0.717, 1.165) is 0 Å². The molecule has 1 fully saturated rings. The number of ether oxygens (including phenoxy) is 1. The van der Waals surface area contributed by atoms with E-state index < -0.39 is 0 Å². The molecule has 1 amide bonds. The second-order valence-electron chi connectivity index (χ2n) is 5.64. The number of amides is 1. The fourth-order valence-corrected chi connectivity index (χ4v) is 2.81. The van der Waals surface area contributed by atoms with Gasteiger partial charge in [0.15, 0.2) is 0 Å². The van der Waals surface area contributed by atoms with Crippen molar-refractivity contribution >= 4 is 29.2 Å². The number of esters is 1. The van der Waals surface area contributed by atoms with Crippen molar-refractivity contribution < 1.29 is 14.3 Å². The highest BCUT2D eigenvalue weighted by Gasteiger charge is 2.29. The van der Waals surface area contributed by atoms with Crippen LogP contribution in [0.5, 0.6) is 0 Å². The van der Waals surface area contributed by atoms with Crippen LogP contribution in [0.4, 0.5) is 5.69 Å². The van der Waals surface area contributed by atoms with Gasteiger partial charge < -0.3 is 15.0 Å². The van der Waals surface area contributed by atoms with Gasteiger partial charge in [0.2, 0.25) is 0 Å². The van der Waals surface area contributed by atoms with E-state index >= 15 is 0 Å². The van der Waals surface area contributed by atoms with E-state index in [9.17, 15) is 14.9 Å². The number of halogens is 1. The van der Waals surface area contributed by atoms with Gasteiger partial charge in [0.1, 0.15) is 11.6 Å². The lowest BCUT2D eigenvalue weighted by atomic mass is 9.96. The molecule has 0 atom stereocenters. The summed E-state index contributed by atoms with van der Waals surface area (Å²) in [5, 5.41) is 12.7. The van der Waals surface area contributed by atoms with Crippen LogP contribution in [0, 0.1) is 17.2 Å². The topological polar surface area (TPSA) is 82.4 Å². The molecular formula is C18H20ClN3O3. The maximum absolute atomic E-state index is 12.5. The monoisotopic (exact) mass is 361 g/mol. The van der Waals surface area contributed by atoms with E-state index in [-0.39, 0.29) is 23.4 Å².